The van der Waals surface area contributed by atoms with Crippen molar-refractivity contribution in [3.63, 3.8) is 0 Å². The van der Waals surface area contributed by atoms with Gasteiger partial charge in [-0.25, -0.2) is 0 Å². The average molecular weight is 284 g/mol. The van der Waals surface area contributed by atoms with Crippen molar-refractivity contribution in [2.75, 3.05) is 33.3 Å². The minimum atomic E-state index is 0.272. The van der Waals surface area contributed by atoms with Crippen molar-refractivity contribution in [1.29, 1.82) is 0 Å². The van der Waals surface area contributed by atoms with E-state index in [9.17, 15) is 4.79 Å². The van der Waals surface area contributed by atoms with Crippen LogP contribution in [0.4, 0.5) is 0 Å². The summed E-state index contributed by atoms with van der Waals surface area (Å²) in [6, 6.07) is 0.476. The molecular weight excluding hydrogens is 252 g/mol. The van der Waals surface area contributed by atoms with Crippen LogP contribution in [0.25, 0.3) is 0 Å². The van der Waals surface area contributed by atoms with Gasteiger partial charge in [0, 0.05) is 19.2 Å². The van der Waals surface area contributed by atoms with E-state index in [1.54, 1.807) is 0 Å². The summed E-state index contributed by atoms with van der Waals surface area (Å²) in [7, 11) is 2.02. The molecule has 0 spiro atoms. The summed E-state index contributed by atoms with van der Waals surface area (Å²) >= 11 is 0. The second kappa shape index (κ2) is 10.2. The molecule has 1 N–H and O–H groups in total. The van der Waals surface area contributed by atoms with Gasteiger partial charge < -0.3 is 10.0 Å². The number of carbonyl (C=O) groups is 1. The van der Waals surface area contributed by atoms with E-state index >= 15 is 0 Å². The normalized spacial score (nSPS) is 16.6. The van der Waals surface area contributed by atoms with Crippen molar-refractivity contribution in [2.24, 2.45) is 0 Å². The van der Waals surface area contributed by atoms with Crippen LogP contribution in [0.15, 0.2) is 0 Å². The maximum atomic E-state index is 12.4. The smallest absolute Gasteiger partial charge is 0.236 e. The molecule has 0 aromatic rings. The Labute approximate surface area is 124 Å². The third-order valence-corrected chi connectivity index (χ3v) is 4.28. The Morgan fingerprint density at radius 1 is 1.15 bits per heavy atom. The van der Waals surface area contributed by atoms with Gasteiger partial charge in [0.2, 0.25) is 5.91 Å². The topological polar surface area (TPSA) is 43.8 Å². The maximum absolute atomic E-state index is 12.4. The van der Waals surface area contributed by atoms with Crippen LogP contribution >= 0.6 is 0 Å². The van der Waals surface area contributed by atoms with E-state index in [-0.39, 0.29) is 12.5 Å². The van der Waals surface area contributed by atoms with Crippen molar-refractivity contribution in [2.45, 2.75) is 64.3 Å². The number of carbonyl (C=O) groups excluding carboxylic acids is 1. The van der Waals surface area contributed by atoms with Crippen LogP contribution in [-0.2, 0) is 4.79 Å². The first-order valence-corrected chi connectivity index (χ1v) is 8.28. The van der Waals surface area contributed by atoms with Gasteiger partial charge in [-0.15, -0.1) is 0 Å². The molecule has 1 aliphatic rings. The Balaban J connectivity index is 2.30. The molecule has 1 fully saturated rings. The lowest BCUT2D eigenvalue weighted by Crippen LogP contribution is -2.45. The molecule has 4 nitrogen and oxygen atoms in total. The first-order chi connectivity index (χ1) is 9.69. The summed E-state index contributed by atoms with van der Waals surface area (Å²) < 4.78 is 0. The van der Waals surface area contributed by atoms with Gasteiger partial charge in [0.25, 0.3) is 0 Å². The lowest BCUT2D eigenvalue weighted by Gasteiger charge is -2.34. The molecule has 0 aromatic heterocycles. The SMILES string of the molecule is CCN(C(=O)CN(C)CCCCCO)C1CCCCC1. The molecule has 0 heterocycles. The standard InChI is InChI=1S/C16H32N2O2/c1-3-18(15-10-6-4-7-11-15)16(20)14-17(2)12-8-5-9-13-19/h15,19H,3-14H2,1-2H3. The molecule has 0 aromatic carbocycles. The molecule has 1 aliphatic carbocycles. The Bertz CT molecular complexity index is 265. The van der Waals surface area contributed by atoms with Crippen molar-refractivity contribution >= 4 is 5.91 Å². The lowest BCUT2D eigenvalue weighted by atomic mass is 9.94. The number of hydrogen-bond acceptors (Lipinski definition) is 3. The van der Waals surface area contributed by atoms with Gasteiger partial charge in [0.1, 0.15) is 0 Å². The summed E-state index contributed by atoms with van der Waals surface area (Å²) in [6.07, 6.45) is 9.18. The van der Waals surface area contributed by atoms with Crippen LogP contribution in [0.2, 0.25) is 0 Å². The van der Waals surface area contributed by atoms with E-state index in [1.165, 1.54) is 32.1 Å². The highest BCUT2D eigenvalue weighted by molar-refractivity contribution is 5.78. The van der Waals surface area contributed by atoms with Crippen molar-refractivity contribution in [3.05, 3.63) is 0 Å². The zero-order valence-corrected chi connectivity index (χ0v) is 13.3. The number of likely N-dealkylation sites (N-methyl/N-ethyl adjacent to an activating group) is 2. The Hall–Kier alpha value is -0.610. The third-order valence-electron chi connectivity index (χ3n) is 4.28. The molecule has 1 rings (SSSR count). The maximum Gasteiger partial charge on any atom is 0.236 e. The number of aliphatic hydroxyl groups is 1. The number of hydrogen-bond donors (Lipinski definition) is 1. The molecule has 1 saturated carbocycles. The second-order valence-electron chi connectivity index (χ2n) is 5.99. The van der Waals surface area contributed by atoms with Crippen molar-refractivity contribution in [1.82, 2.24) is 9.80 Å². The Morgan fingerprint density at radius 2 is 1.85 bits per heavy atom. The number of aliphatic hydroxyl groups excluding tert-OH is 1. The average Bonchev–Trinajstić information content (AvgIpc) is 2.45. The minimum Gasteiger partial charge on any atom is -0.396 e. The van der Waals surface area contributed by atoms with Gasteiger partial charge in [-0.2, -0.15) is 0 Å². The highest BCUT2D eigenvalue weighted by Crippen LogP contribution is 2.22. The van der Waals surface area contributed by atoms with Gasteiger partial charge >= 0.3 is 0 Å². The lowest BCUT2D eigenvalue weighted by molar-refractivity contribution is -0.134. The molecule has 0 aliphatic heterocycles. The highest BCUT2D eigenvalue weighted by Gasteiger charge is 2.24. The molecule has 1 amide bonds. The molecule has 118 valence electrons. The summed E-state index contributed by atoms with van der Waals surface area (Å²) in [6.45, 7) is 4.67. The van der Waals surface area contributed by atoms with E-state index in [0.29, 0.717) is 12.6 Å². The molecule has 4 heteroatoms. The fraction of sp³-hybridized carbons (Fsp3) is 0.938. The van der Waals surface area contributed by atoms with Gasteiger partial charge in [0.15, 0.2) is 0 Å². The summed E-state index contributed by atoms with van der Waals surface area (Å²) in [5.74, 6) is 0.282. The third kappa shape index (κ3) is 6.23. The monoisotopic (exact) mass is 284 g/mol. The largest absolute Gasteiger partial charge is 0.396 e. The van der Waals surface area contributed by atoms with E-state index in [1.807, 2.05) is 7.05 Å². The van der Waals surface area contributed by atoms with Gasteiger partial charge in [-0.05, 0) is 52.6 Å². The molecule has 0 bridgehead atoms. The Kier molecular flexibility index (Phi) is 8.86. The molecule has 0 radical (unpaired) electrons. The van der Waals surface area contributed by atoms with E-state index < -0.39 is 0 Å². The van der Waals surface area contributed by atoms with Crippen LogP contribution < -0.4 is 0 Å². The molecule has 0 unspecified atom stereocenters. The summed E-state index contributed by atoms with van der Waals surface area (Å²) in [4.78, 5) is 16.6. The van der Waals surface area contributed by atoms with Crippen LogP contribution in [-0.4, -0.2) is 60.1 Å². The predicted octanol–water partition coefficient (Wildman–Crippen LogP) is 2.26. The quantitative estimate of drug-likeness (QED) is 0.661. The molecular formula is C16H32N2O2. The van der Waals surface area contributed by atoms with Crippen LogP contribution in [0.1, 0.15) is 58.3 Å². The van der Waals surface area contributed by atoms with Crippen LogP contribution in [0, 0.1) is 0 Å². The minimum absolute atomic E-state index is 0.272. The summed E-state index contributed by atoms with van der Waals surface area (Å²) in [5, 5.41) is 8.75. The van der Waals surface area contributed by atoms with E-state index in [0.717, 1.165) is 32.4 Å². The highest BCUT2D eigenvalue weighted by atomic mass is 16.2. The molecule has 0 atom stereocenters. The van der Waals surface area contributed by atoms with Gasteiger partial charge in [-0.3, -0.25) is 9.69 Å². The first-order valence-electron chi connectivity index (χ1n) is 8.28. The second-order valence-corrected chi connectivity index (χ2v) is 5.99. The zero-order chi connectivity index (χ0) is 14.8. The Morgan fingerprint density at radius 3 is 2.45 bits per heavy atom. The predicted molar refractivity (Wildman–Crippen MR) is 82.7 cm³/mol. The summed E-state index contributed by atoms with van der Waals surface area (Å²) in [5.41, 5.74) is 0. The fourth-order valence-corrected chi connectivity index (χ4v) is 3.10. The molecule has 0 saturated heterocycles. The molecule has 20 heavy (non-hydrogen) atoms. The fourth-order valence-electron chi connectivity index (χ4n) is 3.10. The van der Waals surface area contributed by atoms with E-state index in [2.05, 4.69) is 16.7 Å². The first kappa shape index (κ1) is 17.4. The van der Waals surface area contributed by atoms with Crippen molar-refractivity contribution in [3.8, 4) is 0 Å². The van der Waals surface area contributed by atoms with E-state index in [4.69, 9.17) is 5.11 Å². The van der Waals surface area contributed by atoms with Crippen LogP contribution in [0.5, 0.6) is 0 Å². The number of amides is 1. The van der Waals surface area contributed by atoms with Crippen molar-refractivity contribution < 1.29 is 9.90 Å². The zero-order valence-electron chi connectivity index (χ0n) is 13.3. The number of rotatable bonds is 9. The van der Waals surface area contributed by atoms with Gasteiger partial charge in [-0.1, -0.05) is 19.3 Å². The number of unbranched alkanes of at least 4 members (excludes halogenated alkanes) is 2. The number of nitrogens with zero attached hydrogens (tertiary/aromatic N) is 2. The van der Waals surface area contributed by atoms with Crippen LogP contribution in [0.3, 0.4) is 0 Å². The van der Waals surface area contributed by atoms with Gasteiger partial charge in [0.05, 0.1) is 6.54 Å².